The van der Waals surface area contributed by atoms with Crippen molar-refractivity contribution in [2.45, 2.75) is 47.6 Å². The predicted octanol–water partition coefficient (Wildman–Crippen LogP) is 7.18. The zero-order valence-corrected chi connectivity index (χ0v) is 26.6. The second-order valence-electron chi connectivity index (χ2n) is 9.21. The number of benzene rings is 3. The lowest BCUT2D eigenvalue weighted by Gasteiger charge is -2.36. The molecule has 3 aromatic carbocycles. The molecule has 1 heterocycles. The summed E-state index contributed by atoms with van der Waals surface area (Å²) in [6.07, 6.45) is 0.385. The lowest BCUT2D eigenvalue weighted by Crippen LogP contribution is -2.50. The molecular formula is C33H46ClN5O3. The molecule has 1 aliphatic rings. The third-order valence-corrected chi connectivity index (χ3v) is 6.87. The largest absolute Gasteiger partial charge is 0.497 e. The van der Waals surface area contributed by atoms with Crippen molar-refractivity contribution in [1.82, 2.24) is 10.2 Å². The molecule has 1 saturated heterocycles. The molecule has 4 rings (SSSR count). The summed E-state index contributed by atoms with van der Waals surface area (Å²) in [6, 6.07) is 21.1. The van der Waals surface area contributed by atoms with Crippen LogP contribution < -0.4 is 25.6 Å². The van der Waals surface area contributed by atoms with E-state index in [-0.39, 0.29) is 11.9 Å². The molecule has 8 nitrogen and oxygen atoms in total. The van der Waals surface area contributed by atoms with Gasteiger partial charge in [0.1, 0.15) is 5.75 Å². The fourth-order valence-electron chi connectivity index (χ4n) is 4.30. The Morgan fingerprint density at radius 1 is 0.857 bits per heavy atom. The number of carbonyl (C=O) groups is 2. The van der Waals surface area contributed by atoms with Gasteiger partial charge in [-0.05, 0) is 60.5 Å². The number of halogens is 1. The van der Waals surface area contributed by atoms with Crippen LogP contribution in [0.25, 0.3) is 0 Å². The van der Waals surface area contributed by atoms with Crippen LogP contribution >= 0.6 is 11.6 Å². The molecule has 3 N–H and O–H groups in total. The highest BCUT2D eigenvalue weighted by atomic mass is 35.5. The van der Waals surface area contributed by atoms with E-state index in [1.807, 2.05) is 95.3 Å². The third kappa shape index (κ3) is 10.6. The monoisotopic (exact) mass is 595 g/mol. The summed E-state index contributed by atoms with van der Waals surface area (Å²) in [4.78, 5) is 29.1. The molecule has 0 atom stereocenters. The molecule has 0 spiro atoms. The van der Waals surface area contributed by atoms with Crippen LogP contribution in [0.15, 0.2) is 66.7 Å². The van der Waals surface area contributed by atoms with Crippen LogP contribution in [0, 0.1) is 6.92 Å². The molecular weight excluding hydrogens is 550 g/mol. The summed E-state index contributed by atoms with van der Waals surface area (Å²) < 4.78 is 5.17. The molecule has 0 radical (unpaired) electrons. The first-order valence-electron chi connectivity index (χ1n) is 14.7. The molecule has 0 aromatic heterocycles. The number of amides is 3. The number of nitrogens with zero attached hydrogens (tertiary/aromatic N) is 2. The summed E-state index contributed by atoms with van der Waals surface area (Å²) in [5.74, 6) is 0.793. The van der Waals surface area contributed by atoms with Gasteiger partial charge in [-0.25, -0.2) is 4.79 Å². The van der Waals surface area contributed by atoms with Gasteiger partial charge in [-0.3, -0.25) is 4.79 Å². The Morgan fingerprint density at radius 2 is 1.50 bits per heavy atom. The van der Waals surface area contributed by atoms with Crippen molar-refractivity contribution >= 4 is 40.6 Å². The molecule has 228 valence electrons. The Bertz CT molecular complexity index is 1210. The summed E-state index contributed by atoms with van der Waals surface area (Å²) >= 11 is 6.25. The van der Waals surface area contributed by atoms with Gasteiger partial charge in [0.2, 0.25) is 5.91 Å². The van der Waals surface area contributed by atoms with E-state index in [1.165, 1.54) is 0 Å². The SMILES string of the molecule is CC.CC.COc1ccc(CNCCC(=O)Nc2ccc(N3CCN(C(=O)Nc4c(C)cccc4Cl)CC3)cc2)cc1. The molecule has 3 aromatic rings. The van der Waals surface area contributed by atoms with Crippen LogP contribution in [0.4, 0.5) is 21.9 Å². The number of carbonyl (C=O) groups excluding carboxylic acids is 2. The van der Waals surface area contributed by atoms with Crippen LogP contribution in [0.3, 0.4) is 0 Å². The maximum atomic E-state index is 12.7. The smallest absolute Gasteiger partial charge is 0.322 e. The Balaban J connectivity index is 0.00000148. The van der Waals surface area contributed by atoms with Crippen molar-refractivity contribution in [2.75, 3.05) is 55.4 Å². The van der Waals surface area contributed by atoms with Crippen LogP contribution in [0.2, 0.25) is 5.02 Å². The number of ether oxygens (including phenoxy) is 1. The van der Waals surface area contributed by atoms with Gasteiger partial charge in [-0.2, -0.15) is 0 Å². The maximum absolute atomic E-state index is 12.7. The van der Waals surface area contributed by atoms with Gasteiger partial charge in [0.15, 0.2) is 0 Å². The summed E-state index contributed by atoms with van der Waals surface area (Å²) in [7, 11) is 1.65. The highest BCUT2D eigenvalue weighted by Crippen LogP contribution is 2.26. The maximum Gasteiger partial charge on any atom is 0.322 e. The Hall–Kier alpha value is -3.75. The van der Waals surface area contributed by atoms with E-state index >= 15 is 0 Å². The van der Waals surface area contributed by atoms with Gasteiger partial charge in [0, 0.05) is 57.1 Å². The van der Waals surface area contributed by atoms with Gasteiger partial charge in [0.25, 0.3) is 0 Å². The second kappa shape index (κ2) is 18.6. The number of piperazine rings is 1. The van der Waals surface area contributed by atoms with E-state index in [0.29, 0.717) is 43.3 Å². The van der Waals surface area contributed by atoms with E-state index in [1.54, 1.807) is 18.1 Å². The van der Waals surface area contributed by atoms with Crippen molar-refractivity contribution in [3.63, 3.8) is 0 Å². The molecule has 0 aliphatic carbocycles. The second-order valence-corrected chi connectivity index (χ2v) is 9.61. The molecule has 0 bridgehead atoms. The number of rotatable bonds is 9. The van der Waals surface area contributed by atoms with E-state index in [4.69, 9.17) is 16.3 Å². The van der Waals surface area contributed by atoms with Crippen molar-refractivity contribution in [1.29, 1.82) is 0 Å². The first-order valence-corrected chi connectivity index (χ1v) is 15.1. The number of aryl methyl sites for hydroxylation is 1. The van der Waals surface area contributed by atoms with Gasteiger partial charge in [-0.15, -0.1) is 0 Å². The van der Waals surface area contributed by atoms with E-state index in [9.17, 15) is 9.59 Å². The molecule has 1 fully saturated rings. The van der Waals surface area contributed by atoms with Crippen molar-refractivity contribution < 1.29 is 14.3 Å². The lowest BCUT2D eigenvalue weighted by atomic mass is 10.2. The first-order chi connectivity index (χ1) is 20.4. The minimum Gasteiger partial charge on any atom is -0.497 e. The van der Waals surface area contributed by atoms with Crippen molar-refractivity contribution in [3.8, 4) is 5.75 Å². The van der Waals surface area contributed by atoms with Crippen molar-refractivity contribution in [2.24, 2.45) is 0 Å². The highest BCUT2D eigenvalue weighted by molar-refractivity contribution is 6.33. The van der Waals surface area contributed by atoms with Gasteiger partial charge >= 0.3 is 6.03 Å². The Kier molecular flexibility index (Phi) is 15.3. The number of para-hydroxylation sites is 1. The van der Waals surface area contributed by atoms with Crippen LogP contribution in [0.1, 0.15) is 45.2 Å². The van der Waals surface area contributed by atoms with Crippen LogP contribution in [-0.4, -0.2) is 56.7 Å². The minimum atomic E-state index is -0.141. The number of hydrogen-bond donors (Lipinski definition) is 3. The average molecular weight is 596 g/mol. The summed E-state index contributed by atoms with van der Waals surface area (Å²) in [5, 5.41) is 9.73. The number of methoxy groups -OCH3 is 1. The number of nitrogens with one attached hydrogen (secondary N) is 3. The zero-order valence-electron chi connectivity index (χ0n) is 25.8. The van der Waals surface area contributed by atoms with Gasteiger partial charge in [0.05, 0.1) is 17.8 Å². The minimum absolute atomic E-state index is 0.0339. The number of hydrogen-bond acceptors (Lipinski definition) is 5. The molecule has 0 saturated carbocycles. The molecule has 42 heavy (non-hydrogen) atoms. The highest BCUT2D eigenvalue weighted by Gasteiger charge is 2.22. The normalized spacial score (nSPS) is 12.3. The fraction of sp³-hybridized carbons (Fsp3) is 0.394. The molecule has 0 unspecified atom stereocenters. The topological polar surface area (TPSA) is 85.9 Å². The standard InChI is InChI=1S/C29H34ClN5O3.2C2H6/c1-21-4-3-5-26(30)28(21)33-29(37)35-18-16-34(17-19-35)24-10-8-23(9-11-24)32-27(36)14-15-31-20-22-6-12-25(38-2)13-7-22;2*1-2/h3-13,31H,14-20H2,1-2H3,(H,32,36)(H,33,37);2*1-2H3. The van der Waals surface area contributed by atoms with Gasteiger partial charge in [-0.1, -0.05) is 63.6 Å². The van der Waals surface area contributed by atoms with Crippen LogP contribution in [-0.2, 0) is 11.3 Å². The zero-order chi connectivity index (χ0) is 30.9. The molecule has 9 heteroatoms. The number of anilines is 3. The molecule has 1 aliphatic heterocycles. The quantitative estimate of drug-likeness (QED) is 0.228. The first kappa shape index (κ1) is 34.5. The Morgan fingerprint density at radius 3 is 2.10 bits per heavy atom. The summed E-state index contributed by atoms with van der Waals surface area (Å²) in [5.41, 5.74) is 4.56. The number of urea groups is 1. The Labute approximate surface area is 256 Å². The van der Waals surface area contributed by atoms with Gasteiger partial charge < -0.3 is 30.5 Å². The van der Waals surface area contributed by atoms with E-state index in [2.05, 4.69) is 20.9 Å². The third-order valence-electron chi connectivity index (χ3n) is 6.55. The fourth-order valence-corrected chi connectivity index (χ4v) is 4.57. The van der Waals surface area contributed by atoms with Crippen molar-refractivity contribution in [3.05, 3.63) is 82.9 Å². The molecule has 3 amide bonds. The summed E-state index contributed by atoms with van der Waals surface area (Å²) in [6.45, 7) is 13.9. The van der Waals surface area contributed by atoms with E-state index < -0.39 is 0 Å². The lowest BCUT2D eigenvalue weighted by molar-refractivity contribution is -0.116. The van der Waals surface area contributed by atoms with Crippen LogP contribution in [0.5, 0.6) is 5.75 Å². The average Bonchev–Trinajstić information content (AvgIpc) is 3.04. The predicted molar refractivity (Wildman–Crippen MR) is 176 cm³/mol. The van der Waals surface area contributed by atoms with E-state index in [0.717, 1.165) is 41.3 Å².